The second kappa shape index (κ2) is 11.7. The van der Waals surface area contributed by atoms with Gasteiger partial charge in [0.15, 0.2) is 5.96 Å². The van der Waals surface area contributed by atoms with E-state index in [0.717, 1.165) is 55.6 Å². The van der Waals surface area contributed by atoms with Gasteiger partial charge in [0.05, 0.1) is 7.11 Å². The molecule has 0 spiro atoms. The zero-order chi connectivity index (χ0) is 18.1. The van der Waals surface area contributed by atoms with Crippen molar-refractivity contribution in [2.45, 2.75) is 33.2 Å². The van der Waals surface area contributed by atoms with E-state index in [1.807, 2.05) is 6.92 Å². The lowest BCUT2D eigenvalue weighted by Crippen LogP contribution is -2.39. The quantitative estimate of drug-likeness (QED) is 0.350. The van der Waals surface area contributed by atoms with E-state index in [1.54, 1.807) is 20.5 Å². The third kappa shape index (κ3) is 6.47. The van der Waals surface area contributed by atoms with Crippen LogP contribution in [-0.2, 0) is 19.4 Å². The summed E-state index contributed by atoms with van der Waals surface area (Å²) >= 11 is 0. The summed E-state index contributed by atoms with van der Waals surface area (Å²) in [5, 5.41) is 14.7. The lowest BCUT2D eigenvalue weighted by atomic mass is 10.1. The Balaban J connectivity index is 0.00000338. The van der Waals surface area contributed by atoms with Crippen LogP contribution in [0, 0.1) is 6.92 Å². The summed E-state index contributed by atoms with van der Waals surface area (Å²) in [6, 6.07) is 6.31. The van der Waals surface area contributed by atoms with E-state index in [9.17, 15) is 0 Å². The Morgan fingerprint density at radius 2 is 2.04 bits per heavy atom. The van der Waals surface area contributed by atoms with Crippen LogP contribution in [0.4, 0.5) is 0 Å². The first-order valence-corrected chi connectivity index (χ1v) is 8.62. The summed E-state index contributed by atoms with van der Waals surface area (Å²) < 4.78 is 7.43. The number of nitrogens with zero attached hydrogens (tertiary/aromatic N) is 4. The summed E-state index contributed by atoms with van der Waals surface area (Å²) in [4.78, 5) is 4.26. The van der Waals surface area contributed by atoms with Crippen LogP contribution in [-0.4, -0.2) is 48.0 Å². The molecule has 0 saturated carbocycles. The molecule has 26 heavy (non-hydrogen) atoms. The summed E-state index contributed by atoms with van der Waals surface area (Å²) in [7, 11) is 3.48. The van der Waals surface area contributed by atoms with Crippen LogP contribution < -0.4 is 15.4 Å². The van der Waals surface area contributed by atoms with Crippen molar-refractivity contribution >= 4 is 29.9 Å². The van der Waals surface area contributed by atoms with E-state index in [-0.39, 0.29) is 24.0 Å². The van der Waals surface area contributed by atoms with Crippen LogP contribution in [0.1, 0.15) is 23.9 Å². The molecule has 2 rings (SSSR count). The van der Waals surface area contributed by atoms with Gasteiger partial charge in [0, 0.05) is 33.1 Å². The van der Waals surface area contributed by atoms with Crippen LogP contribution in [0.25, 0.3) is 0 Å². The zero-order valence-corrected chi connectivity index (χ0v) is 18.3. The van der Waals surface area contributed by atoms with Crippen molar-refractivity contribution < 1.29 is 4.74 Å². The van der Waals surface area contributed by atoms with Gasteiger partial charge in [-0.1, -0.05) is 19.1 Å². The molecule has 2 N–H and O–H groups in total. The summed E-state index contributed by atoms with van der Waals surface area (Å²) in [6.45, 7) is 6.51. The standard InChI is InChI=1S/C18H28N6O.HI/c1-5-17-23-22-13-24(17)11-10-21-18(19-3)20-9-8-15-7-6-14(2)16(12-15)25-4;/h6-7,12-13H,5,8-11H2,1-4H3,(H2,19,20,21);1H. The Labute approximate surface area is 172 Å². The van der Waals surface area contributed by atoms with Crippen LogP contribution in [0.5, 0.6) is 5.75 Å². The minimum absolute atomic E-state index is 0. The fourth-order valence-corrected chi connectivity index (χ4v) is 2.60. The molecule has 1 aromatic carbocycles. The number of ether oxygens (including phenoxy) is 1. The number of halogens is 1. The first-order chi connectivity index (χ1) is 12.2. The van der Waals surface area contributed by atoms with Gasteiger partial charge in [-0.3, -0.25) is 4.99 Å². The molecule has 0 radical (unpaired) electrons. The average molecular weight is 472 g/mol. The Bertz CT molecular complexity index is 701. The number of guanidine groups is 1. The topological polar surface area (TPSA) is 76.4 Å². The first-order valence-electron chi connectivity index (χ1n) is 8.62. The fourth-order valence-electron chi connectivity index (χ4n) is 2.60. The maximum Gasteiger partial charge on any atom is 0.191 e. The van der Waals surface area contributed by atoms with Gasteiger partial charge in [-0.05, 0) is 30.5 Å². The highest BCUT2D eigenvalue weighted by molar-refractivity contribution is 14.0. The molecule has 7 nitrogen and oxygen atoms in total. The second-order valence-corrected chi connectivity index (χ2v) is 5.77. The molecule has 0 bridgehead atoms. The van der Waals surface area contributed by atoms with Gasteiger partial charge in [-0.2, -0.15) is 0 Å². The molecule has 0 amide bonds. The molecule has 144 valence electrons. The number of aryl methyl sites for hydroxylation is 2. The number of nitrogens with one attached hydrogen (secondary N) is 2. The molecule has 2 aromatic rings. The zero-order valence-electron chi connectivity index (χ0n) is 16.0. The maximum absolute atomic E-state index is 5.37. The van der Waals surface area contributed by atoms with E-state index >= 15 is 0 Å². The summed E-state index contributed by atoms with van der Waals surface area (Å²) in [5.74, 6) is 2.73. The third-order valence-electron chi connectivity index (χ3n) is 4.06. The molecule has 1 aromatic heterocycles. The van der Waals surface area contributed by atoms with Gasteiger partial charge in [0.1, 0.15) is 17.9 Å². The molecule has 0 aliphatic carbocycles. The van der Waals surface area contributed by atoms with Crippen molar-refractivity contribution in [3.63, 3.8) is 0 Å². The smallest absolute Gasteiger partial charge is 0.191 e. The van der Waals surface area contributed by atoms with E-state index in [4.69, 9.17) is 4.74 Å². The SMILES string of the molecule is CCc1nncn1CCNC(=NC)NCCc1ccc(C)c(OC)c1.I. The highest BCUT2D eigenvalue weighted by atomic mass is 127. The molecule has 1 heterocycles. The molecular weight excluding hydrogens is 443 g/mol. The molecule has 0 saturated heterocycles. The number of aliphatic imine (C=N–C) groups is 1. The lowest BCUT2D eigenvalue weighted by Gasteiger charge is -2.13. The Kier molecular flexibility index (Phi) is 10.0. The number of hydrogen-bond donors (Lipinski definition) is 2. The van der Waals surface area contributed by atoms with Crippen LogP contribution in [0.2, 0.25) is 0 Å². The minimum Gasteiger partial charge on any atom is -0.496 e. The molecule has 0 aliphatic heterocycles. The van der Waals surface area contributed by atoms with E-state index < -0.39 is 0 Å². The van der Waals surface area contributed by atoms with Crippen molar-refractivity contribution in [3.05, 3.63) is 41.5 Å². The Morgan fingerprint density at radius 1 is 1.27 bits per heavy atom. The largest absolute Gasteiger partial charge is 0.496 e. The predicted octanol–water partition coefficient (Wildman–Crippen LogP) is 2.18. The predicted molar refractivity (Wildman–Crippen MR) is 116 cm³/mol. The van der Waals surface area contributed by atoms with Crippen LogP contribution in [0.3, 0.4) is 0 Å². The molecule has 8 heteroatoms. The third-order valence-corrected chi connectivity index (χ3v) is 4.06. The number of hydrogen-bond acceptors (Lipinski definition) is 4. The van der Waals surface area contributed by atoms with Gasteiger partial charge >= 0.3 is 0 Å². The van der Waals surface area contributed by atoms with Gasteiger partial charge in [0.2, 0.25) is 0 Å². The fraction of sp³-hybridized carbons (Fsp3) is 0.500. The summed E-state index contributed by atoms with van der Waals surface area (Å²) in [6.07, 6.45) is 3.55. The molecular formula is C18H29IN6O. The van der Waals surface area contributed by atoms with Crippen LogP contribution >= 0.6 is 24.0 Å². The number of rotatable bonds is 8. The van der Waals surface area contributed by atoms with E-state index in [0.29, 0.717) is 0 Å². The molecule has 0 fully saturated rings. The molecule has 0 aliphatic rings. The van der Waals surface area contributed by atoms with Crippen molar-refractivity contribution in [1.29, 1.82) is 0 Å². The van der Waals surface area contributed by atoms with E-state index in [2.05, 4.69) is 55.5 Å². The Morgan fingerprint density at radius 3 is 2.73 bits per heavy atom. The normalized spacial score (nSPS) is 11.0. The highest BCUT2D eigenvalue weighted by Crippen LogP contribution is 2.18. The van der Waals surface area contributed by atoms with Gasteiger partial charge in [0.25, 0.3) is 0 Å². The number of methoxy groups -OCH3 is 1. The van der Waals surface area contributed by atoms with Gasteiger partial charge in [-0.25, -0.2) is 0 Å². The van der Waals surface area contributed by atoms with E-state index in [1.165, 1.54) is 5.56 Å². The average Bonchev–Trinajstić information content (AvgIpc) is 3.09. The molecule has 0 atom stereocenters. The minimum atomic E-state index is 0. The maximum atomic E-state index is 5.37. The number of aromatic nitrogens is 3. The first kappa shape index (κ1) is 22.2. The van der Waals surface area contributed by atoms with Gasteiger partial charge < -0.3 is 19.9 Å². The second-order valence-electron chi connectivity index (χ2n) is 5.77. The van der Waals surface area contributed by atoms with Gasteiger partial charge in [-0.15, -0.1) is 34.2 Å². The number of benzene rings is 1. The highest BCUT2D eigenvalue weighted by Gasteiger charge is 2.03. The Hall–Kier alpha value is -1.84. The van der Waals surface area contributed by atoms with Crippen LogP contribution in [0.15, 0.2) is 29.5 Å². The van der Waals surface area contributed by atoms with Crippen molar-refractivity contribution in [2.75, 3.05) is 27.2 Å². The van der Waals surface area contributed by atoms with Crippen molar-refractivity contribution in [3.8, 4) is 5.75 Å². The molecule has 0 unspecified atom stereocenters. The monoisotopic (exact) mass is 472 g/mol. The van der Waals surface area contributed by atoms with Crippen molar-refractivity contribution in [1.82, 2.24) is 25.4 Å². The summed E-state index contributed by atoms with van der Waals surface area (Å²) in [5.41, 5.74) is 2.39. The lowest BCUT2D eigenvalue weighted by molar-refractivity contribution is 0.411. The van der Waals surface area contributed by atoms with Crippen molar-refractivity contribution in [2.24, 2.45) is 4.99 Å².